The maximum atomic E-state index is 13.2. The molecule has 9 nitrogen and oxygen atoms in total. The highest BCUT2D eigenvalue weighted by Gasteiger charge is 2.51. The molecular weight excluding hydrogens is 447 g/mol. The van der Waals surface area contributed by atoms with Crippen molar-refractivity contribution in [2.45, 2.75) is 77.7 Å². The summed E-state index contributed by atoms with van der Waals surface area (Å²) < 4.78 is 12.3. The predicted octanol–water partition coefficient (Wildman–Crippen LogP) is 3.33. The van der Waals surface area contributed by atoms with Crippen molar-refractivity contribution in [2.75, 3.05) is 6.54 Å². The molecule has 2 aromatic rings. The van der Waals surface area contributed by atoms with Crippen molar-refractivity contribution in [3.05, 3.63) is 36.3 Å². The highest BCUT2D eigenvalue weighted by molar-refractivity contribution is 6.62. The average Bonchev–Trinajstić information content (AvgIpc) is 3.49. The quantitative estimate of drug-likeness (QED) is 0.544. The van der Waals surface area contributed by atoms with Crippen molar-refractivity contribution in [1.29, 1.82) is 0 Å². The monoisotopic (exact) mass is 482 g/mol. The van der Waals surface area contributed by atoms with Gasteiger partial charge in [-0.15, -0.1) is 0 Å². The van der Waals surface area contributed by atoms with Crippen LogP contribution in [0.15, 0.2) is 30.5 Å². The van der Waals surface area contributed by atoms with Gasteiger partial charge in [0.15, 0.2) is 0 Å². The van der Waals surface area contributed by atoms with Crippen LogP contribution in [0.25, 0.3) is 11.3 Å². The van der Waals surface area contributed by atoms with Crippen LogP contribution in [-0.4, -0.2) is 62.9 Å². The molecule has 10 heteroatoms. The van der Waals surface area contributed by atoms with Gasteiger partial charge in [0.1, 0.15) is 11.9 Å². The zero-order valence-corrected chi connectivity index (χ0v) is 21.3. The van der Waals surface area contributed by atoms with Gasteiger partial charge >= 0.3 is 13.2 Å². The number of carbonyl (C=O) groups is 2. The summed E-state index contributed by atoms with van der Waals surface area (Å²) >= 11 is 0. The number of carbonyl (C=O) groups excluding carboxylic acids is 1. The van der Waals surface area contributed by atoms with Crippen LogP contribution in [0, 0.1) is 5.92 Å². The van der Waals surface area contributed by atoms with Gasteiger partial charge in [-0.05, 0) is 51.9 Å². The number of rotatable bonds is 6. The normalized spacial score (nSPS) is 22.0. The Balaban J connectivity index is 1.49. The molecule has 2 saturated heterocycles. The molecule has 2 aliphatic heterocycles. The minimum Gasteiger partial charge on any atom is -0.465 e. The average molecular weight is 482 g/mol. The van der Waals surface area contributed by atoms with E-state index in [1.54, 1.807) is 4.90 Å². The molecule has 0 radical (unpaired) electrons. The maximum absolute atomic E-state index is 13.2. The molecule has 2 aliphatic rings. The first-order chi connectivity index (χ1) is 16.4. The Labute approximate surface area is 206 Å². The molecule has 3 N–H and O–H groups in total. The van der Waals surface area contributed by atoms with Crippen LogP contribution in [0.1, 0.15) is 66.3 Å². The van der Waals surface area contributed by atoms with Gasteiger partial charge in [-0.25, -0.2) is 9.78 Å². The number of carboxylic acid groups (broad SMARTS) is 1. The molecule has 2 amide bonds. The van der Waals surface area contributed by atoms with Crippen molar-refractivity contribution in [3.8, 4) is 11.3 Å². The highest BCUT2D eigenvalue weighted by atomic mass is 16.7. The zero-order valence-electron chi connectivity index (χ0n) is 21.3. The zero-order chi connectivity index (χ0) is 25.5. The molecule has 0 saturated carbocycles. The lowest BCUT2D eigenvalue weighted by Crippen LogP contribution is -2.50. The van der Waals surface area contributed by atoms with E-state index in [1.165, 1.54) is 0 Å². The fourth-order valence-electron chi connectivity index (χ4n) is 4.59. The van der Waals surface area contributed by atoms with Gasteiger partial charge < -0.3 is 29.6 Å². The molecule has 188 valence electrons. The third-order valence-corrected chi connectivity index (χ3v) is 7.39. The lowest BCUT2D eigenvalue weighted by molar-refractivity contribution is -0.135. The van der Waals surface area contributed by atoms with E-state index >= 15 is 0 Å². The maximum Gasteiger partial charge on any atom is 0.494 e. The van der Waals surface area contributed by atoms with Crippen LogP contribution in [0.3, 0.4) is 0 Å². The highest BCUT2D eigenvalue weighted by Crippen LogP contribution is 2.37. The van der Waals surface area contributed by atoms with Gasteiger partial charge in [0.2, 0.25) is 5.91 Å². The number of aromatic amines is 1. The first kappa shape index (κ1) is 25.3. The summed E-state index contributed by atoms with van der Waals surface area (Å²) in [6, 6.07) is 6.96. The van der Waals surface area contributed by atoms with Gasteiger partial charge in [0.25, 0.3) is 0 Å². The number of aromatic nitrogens is 2. The summed E-state index contributed by atoms with van der Waals surface area (Å²) in [6.45, 7) is 12.4. The third-order valence-electron chi connectivity index (χ3n) is 7.39. The van der Waals surface area contributed by atoms with E-state index < -0.39 is 30.5 Å². The number of hydrogen-bond donors (Lipinski definition) is 3. The van der Waals surface area contributed by atoms with Crippen LogP contribution >= 0.6 is 0 Å². The first-order valence-corrected chi connectivity index (χ1v) is 12.2. The number of likely N-dealkylation sites (tertiary alicyclic amines) is 1. The summed E-state index contributed by atoms with van der Waals surface area (Å²) in [6.07, 6.45) is 2.26. The molecule has 0 bridgehead atoms. The second kappa shape index (κ2) is 9.31. The van der Waals surface area contributed by atoms with Crippen molar-refractivity contribution in [3.63, 3.8) is 0 Å². The SMILES string of the molecule is CC(C)[C@H](NC(=O)O)C(=O)N1CCC[C@H]1c1nc(-c2ccc(B3OC(C)(C)C(C)(C)O3)cc2)c[nH]1. The minimum absolute atomic E-state index is 0.158. The number of benzene rings is 1. The summed E-state index contributed by atoms with van der Waals surface area (Å²) in [5, 5.41) is 11.5. The summed E-state index contributed by atoms with van der Waals surface area (Å²) in [4.78, 5) is 34.1. The molecule has 2 atom stereocenters. The van der Waals surface area contributed by atoms with Gasteiger partial charge in [0.05, 0.1) is 22.9 Å². The van der Waals surface area contributed by atoms with E-state index in [2.05, 4.69) is 10.3 Å². The van der Waals surface area contributed by atoms with Gasteiger partial charge in [-0.1, -0.05) is 38.1 Å². The van der Waals surface area contributed by atoms with Gasteiger partial charge in [0, 0.05) is 18.3 Å². The number of hydrogen-bond acceptors (Lipinski definition) is 5. The summed E-state index contributed by atoms with van der Waals surface area (Å²) in [7, 11) is -0.421. The van der Waals surface area contributed by atoms with E-state index in [9.17, 15) is 9.59 Å². The van der Waals surface area contributed by atoms with Crippen LogP contribution in [0.2, 0.25) is 0 Å². The van der Waals surface area contributed by atoms with Crippen LogP contribution in [0.5, 0.6) is 0 Å². The molecule has 0 spiro atoms. The first-order valence-electron chi connectivity index (χ1n) is 12.2. The van der Waals surface area contributed by atoms with E-state index in [-0.39, 0.29) is 17.9 Å². The van der Waals surface area contributed by atoms with Crippen LogP contribution in [0.4, 0.5) is 4.79 Å². The number of nitrogens with zero attached hydrogens (tertiary/aromatic N) is 2. The second-order valence-electron chi connectivity index (χ2n) is 10.7. The van der Waals surface area contributed by atoms with Crippen molar-refractivity contribution in [2.24, 2.45) is 5.92 Å². The predicted molar refractivity (Wildman–Crippen MR) is 133 cm³/mol. The van der Waals surface area contributed by atoms with E-state index in [4.69, 9.17) is 19.4 Å². The molecule has 4 rings (SSSR count). The fraction of sp³-hybridized carbons (Fsp3) is 0.560. The van der Waals surface area contributed by atoms with E-state index in [0.717, 1.165) is 29.6 Å². The topological polar surface area (TPSA) is 117 Å². The fourth-order valence-corrected chi connectivity index (χ4v) is 4.59. The lowest BCUT2D eigenvalue weighted by atomic mass is 9.79. The van der Waals surface area contributed by atoms with Crippen LogP contribution in [-0.2, 0) is 14.1 Å². The molecular formula is C25H35BN4O5. The molecule has 0 aliphatic carbocycles. The Kier molecular flexibility index (Phi) is 6.72. The number of H-pyrrole nitrogens is 1. The van der Waals surface area contributed by atoms with E-state index in [1.807, 2.05) is 72.0 Å². The Hall–Kier alpha value is -2.85. The van der Waals surface area contributed by atoms with Gasteiger partial charge in [-0.3, -0.25) is 4.79 Å². The number of imidazole rings is 1. The standard InChI is InChI=1S/C25H35BN4O5/c1-15(2)20(29-23(32)33)22(31)30-13-7-8-19(30)21-27-14-18(28-21)16-9-11-17(12-10-16)26-34-24(3,4)25(5,6)35-26/h9-12,14-15,19-20,29H,7-8,13H2,1-6H3,(H,27,28)(H,32,33)/t19-,20-/m0/s1. The van der Waals surface area contributed by atoms with Crippen molar-refractivity contribution < 1.29 is 24.0 Å². The van der Waals surface area contributed by atoms with Crippen LogP contribution < -0.4 is 10.8 Å². The summed E-state index contributed by atoms with van der Waals surface area (Å²) in [5.74, 6) is 0.336. The van der Waals surface area contributed by atoms with E-state index in [0.29, 0.717) is 12.4 Å². The second-order valence-corrected chi connectivity index (χ2v) is 10.7. The molecule has 1 aromatic carbocycles. The van der Waals surface area contributed by atoms with Crippen molar-refractivity contribution >= 4 is 24.6 Å². The number of amides is 2. The summed E-state index contributed by atoms with van der Waals surface area (Å²) in [5.41, 5.74) is 1.88. The Morgan fingerprint density at radius 2 is 1.80 bits per heavy atom. The van der Waals surface area contributed by atoms with Crippen molar-refractivity contribution in [1.82, 2.24) is 20.2 Å². The third kappa shape index (κ3) is 4.95. The largest absolute Gasteiger partial charge is 0.494 e. The Morgan fingerprint density at radius 1 is 1.17 bits per heavy atom. The molecule has 35 heavy (non-hydrogen) atoms. The molecule has 0 unspecified atom stereocenters. The molecule has 2 fully saturated rings. The number of nitrogens with one attached hydrogen (secondary N) is 2. The lowest BCUT2D eigenvalue weighted by Gasteiger charge is -2.32. The molecule has 3 heterocycles. The Bertz CT molecular complexity index is 1070. The molecule has 1 aromatic heterocycles. The van der Waals surface area contributed by atoms with Gasteiger partial charge in [-0.2, -0.15) is 0 Å². The minimum atomic E-state index is -1.20. The Morgan fingerprint density at radius 3 is 2.37 bits per heavy atom. The smallest absolute Gasteiger partial charge is 0.465 e.